The van der Waals surface area contributed by atoms with Crippen molar-refractivity contribution in [3.63, 3.8) is 0 Å². The molecule has 2 aromatic carbocycles. The van der Waals surface area contributed by atoms with Gasteiger partial charge in [0.2, 0.25) is 0 Å². The number of nitrogens with zero attached hydrogens (tertiary/aromatic N) is 1. The topological polar surface area (TPSA) is 88.6 Å². The summed E-state index contributed by atoms with van der Waals surface area (Å²) in [5, 5.41) is 7.40. The van der Waals surface area contributed by atoms with Crippen LogP contribution < -0.4 is 15.2 Å². The van der Waals surface area contributed by atoms with Gasteiger partial charge in [0.15, 0.2) is 0 Å². The van der Waals surface area contributed by atoms with E-state index in [2.05, 4.69) is 0 Å². The number of carbonyl (C=O) groups excluding carboxylic acids is 1. The summed E-state index contributed by atoms with van der Waals surface area (Å²) >= 11 is 0. The smallest absolute Gasteiger partial charge is 0.254 e. The van der Waals surface area contributed by atoms with Gasteiger partial charge >= 0.3 is 0 Å². The summed E-state index contributed by atoms with van der Waals surface area (Å²) in [6.45, 7) is 11.4. The van der Waals surface area contributed by atoms with Gasteiger partial charge in [-0.2, -0.15) is 0 Å². The summed E-state index contributed by atoms with van der Waals surface area (Å²) in [5.74, 6) is 1.70. The minimum absolute atomic E-state index is 0.0565. The van der Waals surface area contributed by atoms with Crippen LogP contribution in [-0.4, -0.2) is 41.9 Å². The van der Waals surface area contributed by atoms with Crippen molar-refractivity contribution in [1.29, 1.82) is 5.41 Å². The molecule has 0 aromatic heterocycles. The first-order valence-electron chi connectivity index (χ1n) is 11.3. The lowest BCUT2D eigenvalue weighted by molar-refractivity contribution is 0.0643. The molecule has 6 nitrogen and oxygen atoms in total. The van der Waals surface area contributed by atoms with Gasteiger partial charge < -0.3 is 20.1 Å². The molecule has 0 atom stereocenters. The molecule has 174 valence electrons. The summed E-state index contributed by atoms with van der Waals surface area (Å²) in [6, 6.07) is 13.2. The molecule has 0 aliphatic carbocycles. The lowest BCUT2D eigenvalue weighted by Crippen LogP contribution is -2.42. The number of hydrogen-bond acceptors (Lipinski definition) is 4. The van der Waals surface area contributed by atoms with Crippen LogP contribution >= 0.6 is 0 Å². The average Bonchev–Trinajstić information content (AvgIpc) is 2.72. The summed E-state index contributed by atoms with van der Waals surface area (Å²) in [4.78, 5) is 14.8. The molecular formula is C26H37N3O3. The number of nitrogens with one attached hydrogen (secondary N) is 1. The van der Waals surface area contributed by atoms with E-state index in [0.717, 1.165) is 41.9 Å². The Morgan fingerprint density at radius 1 is 0.906 bits per heavy atom. The predicted molar refractivity (Wildman–Crippen MR) is 130 cm³/mol. The zero-order chi connectivity index (χ0) is 23.7. The number of rotatable bonds is 12. The van der Waals surface area contributed by atoms with E-state index in [-0.39, 0.29) is 23.8 Å². The summed E-state index contributed by atoms with van der Waals surface area (Å²) in [6.07, 6.45) is 2.87. The van der Waals surface area contributed by atoms with Crippen LogP contribution in [0.3, 0.4) is 0 Å². The lowest BCUT2D eigenvalue weighted by atomic mass is 10.1. The zero-order valence-electron chi connectivity index (χ0n) is 20.0. The fourth-order valence-corrected chi connectivity index (χ4v) is 3.66. The van der Waals surface area contributed by atoms with Crippen molar-refractivity contribution in [1.82, 2.24) is 4.90 Å². The number of benzene rings is 2. The van der Waals surface area contributed by atoms with Gasteiger partial charge in [0, 0.05) is 23.2 Å². The van der Waals surface area contributed by atoms with Crippen molar-refractivity contribution in [2.45, 2.75) is 66.0 Å². The number of carbonyl (C=O) groups is 1. The van der Waals surface area contributed by atoms with E-state index in [4.69, 9.17) is 20.6 Å². The quantitative estimate of drug-likeness (QED) is 0.271. The van der Waals surface area contributed by atoms with E-state index in [9.17, 15) is 4.79 Å². The maximum atomic E-state index is 12.9. The number of aryl methyl sites for hydroxylation is 1. The maximum Gasteiger partial charge on any atom is 0.254 e. The molecule has 0 saturated carbocycles. The van der Waals surface area contributed by atoms with Crippen molar-refractivity contribution in [2.75, 3.05) is 13.2 Å². The van der Waals surface area contributed by atoms with Crippen LogP contribution in [0.2, 0.25) is 0 Å². The zero-order valence-corrected chi connectivity index (χ0v) is 20.0. The van der Waals surface area contributed by atoms with E-state index in [1.807, 2.05) is 69.9 Å². The first-order valence-corrected chi connectivity index (χ1v) is 11.3. The van der Waals surface area contributed by atoms with E-state index >= 15 is 0 Å². The second kappa shape index (κ2) is 12.1. The molecule has 0 bridgehead atoms. The van der Waals surface area contributed by atoms with Gasteiger partial charge in [0.1, 0.15) is 17.3 Å². The van der Waals surface area contributed by atoms with Crippen molar-refractivity contribution in [2.24, 2.45) is 5.73 Å². The molecule has 0 fully saturated rings. The predicted octanol–water partition coefficient (Wildman–Crippen LogP) is 5.17. The van der Waals surface area contributed by atoms with Crippen LogP contribution in [-0.2, 0) is 0 Å². The highest BCUT2D eigenvalue weighted by Gasteiger charge is 2.22. The van der Waals surface area contributed by atoms with Crippen molar-refractivity contribution in [3.8, 4) is 11.5 Å². The Morgan fingerprint density at radius 2 is 1.44 bits per heavy atom. The highest BCUT2D eigenvalue weighted by molar-refractivity contribution is 5.96. The molecule has 0 spiro atoms. The Labute approximate surface area is 192 Å². The van der Waals surface area contributed by atoms with Crippen molar-refractivity contribution < 1.29 is 14.3 Å². The standard InChI is InChI=1S/C26H37N3O3/c1-18(2)29(19(3)4)26(30)24-14-13-23(17-20(24)5)32-16-8-6-7-15-31-22-11-9-21(10-12-22)25(27)28/h9-14,17-19H,6-8,15-16H2,1-5H3,(H3,27,28). The maximum absolute atomic E-state index is 12.9. The van der Waals surface area contributed by atoms with Gasteiger partial charge in [-0.15, -0.1) is 0 Å². The van der Waals surface area contributed by atoms with Crippen molar-refractivity contribution >= 4 is 11.7 Å². The molecule has 6 heteroatoms. The van der Waals surface area contributed by atoms with E-state index in [0.29, 0.717) is 18.8 Å². The van der Waals surface area contributed by atoms with Crippen LogP contribution in [0.25, 0.3) is 0 Å². The van der Waals surface area contributed by atoms with Crippen LogP contribution in [0.4, 0.5) is 0 Å². The first-order chi connectivity index (χ1) is 15.2. The summed E-state index contributed by atoms with van der Waals surface area (Å²) in [5.41, 5.74) is 7.81. The van der Waals surface area contributed by atoms with Gasteiger partial charge in [-0.25, -0.2) is 0 Å². The van der Waals surface area contributed by atoms with E-state index < -0.39 is 0 Å². The Bertz CT molecular complexity index is 884. The number of unbranched alkanes of at least 4 members (excludes halogenated alkanes) is 2. The Balaban J connectivity index is 1.72. The second-order valence-corrected chi connectivity index (χ2v) is 8.57. The fraction of sp³-hybridized carbons (Fsp3) is 0.462. The summed E-state index contributed by atoms with van der Waals surface area (Å²) in [7, 11) is 0. The molecule has 0 saturated heterocycles. The number of amidine groups is 1. The monoisotopic (exact) mass is 439 g/mol. The number of amides is 1. The average molecular weight is 440 g/mol. The SMILES string of the molecule is Cc1cc(OCCCCCOc2ccc(C(=N)N)cc2)ccc1C(=O)N(C(C)C)C(C)C. The molecule has 0 heterocycles. The minimum atomic E-state index is 0.0565. The number of nitrogen functional groups attached to an aromatic ring is 1. The minimum Gasteiger partial charge on any atom is -0.494 e. The third-order valence-electron chi connectivity index (χ3n) is 5.27. The molecular weight excluding hydrogens is 402 g/mol. The molecule has 2 aromatic rings. The molecule has 0 radical (unpaired) electrons. The second-order valence-electron chi connectivity index (χ2n) is 8.57. The van der Waals surface area contributed by atoms with E-state index in [1.54, 1.807) is 12.1 Å². The largest absolute Gasteiger partial charge is 0.494 e. The molecule has 2 rings (SSSR count). The highest BCUT2D eigenvalue weighted by atomic mass is 16.5. The van der Waals surface area contributed by atoms with Gasteiger partial charge in [0.25, 0.3) is 5.91 Å². The number of nitrogens with two attached hydrogens (primary N) is 1. The van der Waals surface area contributed by atoms with Gasteiger partial charge in [-0.3, -0.25) is 10.2 Å². The van der Waals surface area contributed by atoms with Gasteiger partial charge in [0.05, 0.1) is 13.2 Å². The van der Waals surface area contributed by atoms with Crippen LogP contribution in [0.5, 0.6) is 11.5 Å². The van der Waals surface area contributed by atoms with E-state index in [1.165, 1.54) is 0 Å². The van der Waals surface area contributed by atoms with Crippen LogP contribution in [0.15, 0.2) is 42.5 Å². The number of ether oxygens (including phenoxy) is 2. The third kappa shape index (κ3) is 7.29. The summed E-state index contributed by atoms with van der Waals surface area (Å²) < 4.78 is 11.6. The molecule has 0 aliphatic rings. The lowest BCUT2D eigenvalue weighted by Gasteiger charge is -2.31. The Kier molecular flexibility index (Phi) is 9.57. The normalized spacial score (nSPS) is 11.0. The molecule has 3 N–H and O–H groups in total. The highest BCUT2D eigenvalue weighted by Crippen LogP contribution is 2.21. The van der Waals surface area contributed by atoms with Crippen molar-refractivity contribution in [3.05, 3.63) is 59.2 Å². The first kappa shape index (κ1) is 25.2. The molecule has 32 heavy (non-hydrogen) atoms. The molecule has 0 unspecified atom stereocenters. The molecule has 1 amide bonds. The fourth-order valence-electron chi connectivity index (χ4n) is 3.66. The Morgan fingerprint density at radius 3 is 1.94 bits per heavy atom. The van der Waals surface area contributed by atoms with Crippen LogP contribution in [0, 0.1) is 12.3 Å². The molecule has 0 aliphatic heterocycles. The number of hydrogen-bond donors (Lipinski definition) is 2. The van der Waals surface area contributed by atoms with Gasteiger partial charge in [-0.1, -0.05) is 0 Å². The van der Waals surface area contributed by atoms with Gasteiger partial charge in [-0.05, 0) is 102 Å². The van der Waals surface area contributed by atoms with Crippen LogP contribution in [0.1, 0.15) is 68.4 Å². The third-order valence-corrected chi connectivity index (χ3v) is 5.27. The Hall–Kier alpha value is -3.02.